The molecule has 1 atom stereocenters. The molecule has 0 bridgehead atoms. The van der Waals surface area contributed by atoms with Gasteiger partial charge in [0.2, 0.25) is 10.0 Å². The fourth-order valence-corrected chi connectivity index (χ4v) is 2.85. The van der Waals surface area contributed by atoms with E-state index in [0.717, 1.165) is 22.7 Å². The van der Waals surface area contributed by atoms with Crippen molar-refractivity contribution in [3.63, 3.8) is 0 Å². The number of carboxylic acid groups (broad SMARTS) is 1. The molecule has 1 aromatic rings. The van der Waals surface area contributed by atoms with E-state index < -0.39 is 27.9 Å². The highest BCUT2D eigenvalue weighted by Gasteiger charge is 2.31. The molecule has 0 aromatic heterocycles. The lowest BCUT2D eigenvalue weighted by molar-refractivity contribution is -0.138. The second-order valence-electron chi connectivity index (χ2n) is 3.80. The minimum atomic E-state index is -3.81. The number of hydrogen-bond acceptors (Lipinski definition) is 3. The molecule has 0 saturated heterocycles. The van der Waals surface area contributed by atoms with Crippen LogP contribution in [-0.2, 0) is 14.8 Å². The van der Waals surface area contributed by atoms with Crippen molar-refractivity contribution >= 4 is 21.7 Å². The first-order chi connectivity index (χ1) is 8.27. The minimum absolute atomic E-state index is 0.00625. The number of rotatable bonds is 5. The number of benzene rings is 1. The van der Waals surface area contributed by atoms with Crippen LogP contribution in [0.5, 0.6) is 0 Å². The third-order valence-electron chi connectivity index (χ3n) is 2.37. The molecule has 0 saturated carbocycles. The third-order valence-corrected chi connectivity index (χ3v) is 3.55. The van der Waals surface area contributed by atoms with Crippen LogP contribution in [-0.4, -0.2) is 31.8 Å². The van der Waals surface area contributed by atoms with E-state index in [1.54, 1.807) is 6.92 Å². The molecular formula is C11H14FNO4S. The van der Waals surface area contributed by atoms with Gasteiger partial charge in [-0.25, -0.2) is 17.6 Å². The van der Waals surface area contributed by atoms with Crippen molar-refractivity contribution in [2.45, 2.75) is 19.4 Å². The SMILES string of the molecule is CC[C@@H](C(=O)O)N(c1cccc(F)c1)S(C)(=O)=O. The number of anilines is 1. The van der Waals surface area contributed by atoms with Crippen molar-refractivity contribution in [3.8, 4) is 0 Å². The highest BCUT2D eigenvalue weighted by atomic mass is 32.2. The summed E-state index contributed by atoms with van der Waals surface area (Å²) in [6.07, 6.45) is 0.975. The fourth-order valence-electron chi connectivity index (χ4n) is 1.66. The quantitative estimate of drug-likeness (QED) is 0.882. The maximum absolute atomic E-state index is 13.1. The van der Waals surface area contributed by atoms with Crippen molar-refractivity contribution in [2.75, 3.05) is 10.6 Å². The van der Waals surface area contributed by atoms with E-state index in [1.165, 1.54) is 12.1 Å². The Balaban J connectivity index is 3.35. The van der Waals surface area contributed by atoms with Crippen molar-refractivity contribution in [2.24, 2.45) is 0 Å². The van der Waals surface area contributed by atoms with E-state index in [4.69, 9.17) is 5.11 Å². The average molecular weight is 275 g/mol. The van der Waals surface area contributed by atoms with Gasteiger partial charge in [-0.15, -0.1) is 0 Å². The molecule has 0 radical (unpaired) electrons. The molecule has 0 aliphatic heterocycles. The average Bonchev–Trinajstić information content (AvgIpc) is 2.23. The number of halogens is 1. The number of sulfonamides is 1. The van der Waals surface area contributed by atoms with Crippen molar-refractivity contribution in [3.05, 3.63) is 30.1 Å². The molecule has 0 heterocycles. The van der Waals surface area contributed by atoms with Gasteiger partial charge in [-0.1, -0.05) is 13.0 Å². The Bertz CT molecular complexity index is 544. The maximum Gasteiger partial charge on any atom is 0.327 e. The van der Waals surface area contributed by atoms with Gasteiger partial charge in [0, 0.05) is 0 Å². The van der Waals surface area contributed by atoms with E-state index >= 15 is 0 Å². The van der Waals surface area contributed by atoms with Crippen LogP contribution in [0.15, 0.2) is 24.3 Å². The number of nitrogens with zero attached hydrogens (tertiary/aromatic N) is 1. The van der Waals surface area contributed by atoms with Crippen molar-refractivity contribution in [1.82, 2.24) is 0 Å². The topological polar surface area (TPSA) is 74.7 Å². The van der Waals surface area contributed by atoms with E-state index in [2.05, 4.69) is 0 Å². The van der Waals surface area contributed by atoms with E-state index in [9.17, 15) is 17.6 Å². The van der Waals surface area contributed by atoms with E-state index in [1.807, 2.05) is 0 Å². The molecule has 5 nitrogen and oxygen atoms in total. The smallest absolute Gasteiger partial charge is 0.327 e. The van der Waals surface area contributed by atoms with Crippen LogP contribution in [0, 0.1) is 5.82 Å². The number of aliphatic carboxylic acids is 1. The zero-order valence-corrected chi connectivity index (χ0v) is 10.8. The second-order valence-corrected chi connectivity index (χ2v) is 5.66. The molecular weight excluding hydrogens is 261 g/mol. The van der Waals surface area contributed by atoms with Crippen molar-refractivity contribution < 1.29 is 22.7 Å². The van der Waals surface area contributed by atoms with Gasteiger partial charge in [-0.3, -0.25) is 4.31 Å². The summed E-state index contributed by atoms with van der Waals surface area (Å²) in [6, 6.07) is 3.59. The van der Waals surface area contributed by atoms with Gasteiger partial charge < -0.3 is 5.11 Å². The summed E-state index contributed by atoms with van der Waals surface area (Å²) in [6.45, 7) is 1.55. The molecule has 0 aliphatic carbocycles. The van der Waals surface area contributed by atoms with Crippen LogP contribution in [0.1, 0.15) is 13.3 Å². The lowest BCUT2D eigenvalue weighted by atomic mass is 10.2. The first-order valence-electron chi connectivity index (χ1n) is 5.25. The Morgan fingerprint density at radius 3 is 2.50 bits per heavy atom. The number of carboxylic acids is 1. The summed E-state index contributed by atoms with van der Waals surface area (Å²) >= 11 is 0. The van der Waals surface area contributed by atoms with Crippen LogP contribution in [0.25, 0.3) is 0 Å². The van der Waals surface area contributed by atoms with Crippen LogP contribution in [0.3, 0.4) is 0 Å². The van der Waals surface area contributed by atoms with Crippen LogP contribution in [0.2, 0.25) is 0 Å². The lowest BCUT2D eigenvalue weighted by Crippen LogP contribution is -2.44. The van der Waals surface area contributed by atoms with Crippen LogP contribution >= 0.6 is 0 Å². The summed E-state index contributed by atoms with van der Waals surface area (Å²) in [7, 11) is -3.81. The minimum Gasteiger partial charge on any atom is -0.480 e. The summed E-state index contributed by atoms with van der Waals surface area (Å²) in [4.78, 5) is 11.1. The molecule has 0 aliphatic rings. The van der Waals surface area contributed by atoms with E-state index in [0.29, 0.717) is 0 Å². The Kier molecular flexibility index (Phi) is 4.28. The molecule has 7 heteroatoms. The first kappa shape index (κ1) is 14.4. The zero-order chi connectivity index (χ0) is 13.9. The monoisotopic (exact) mass is 275 g/mol. The van der Waals surface area contributed by atoms with Crippen LogP contribution < -0.4 is 4.31 Å². The third kappa shape index (κ3) is 3.19. The number of hydrogen-bond donors (Lipinski definition) is 1. The normalized spacial score (nSPS) is 13.1. The van der Waals surface area contributed by atoms with Gasteiger partial charge in [0.15, 0.2) is 0 Å². The first-order valence-corrected chi connectivity index (χ1v) is 7.10. The predicted octanol–water partition coefficient (Wildman–Crippen LogP) is 1.45. The second kappa shape index (κ2) is 5.34. The fraction of sp³-hybridized carbons (Fsp3) is 0.364. The van der Waals surface area contributed by atoms with Crippen molar-refractivity contribution in [1.29, 1.82) is 0 Å². The van der Waals surface area contributed by atoms with E-state index in [-0.39, 0.29) is 12.1 Å². The Hall–Kier alpha value is -1.63. The molecule has 1 N–H and O–H groups in total. The molecule has 0 unspecified atom stereocenters. The summed E-state index contributed by atoms with van der Waals surface area (Å²) in [5.41, 5.74) is 0.00625. The lowest BCUT2D eigenvalue weighted by Gasteiger charge is -2.27. The van der Waals surface area contributed by atoms with Gasteiger partial charge in [0.1, 0.15) is 11.9 Å². The largest absolute Gasteiger partial charge is 0.480 e. The summed E-state index contributed by atoms with van der Waals surface area (Å²) < 4.78 is 37.2. The van der Waals surface area contributed by atoms with Gasteiger partial charge in [0.05, 0.1) is 11.9 Å². The standard InChI is InChI=1S/C11H14FNO4S/c1-3-10(11(14)15)13(18(2,16)17)9-6-4-5-8(12)7-9/h4-7,10H,3H2,1-2H3,(H,14,15)/t10-/m0/s1. The molecule has 1 rings (SSSR count). The van der Waals surface area contributed by atoms with Gasteiger partial charge in [-0.2, -0.15) is 0 Å². The maximum atomic E-state index is 13.1. The molecule has 100 valence electrons. The molecule has 1 aromatic carbocycles. The Morgan fingerprint density at radius 1 is 1.50 bits per heavy atom. The van der Waals surface area contributed by atoms with Gasteiger partial charge in [-0.05, 0) is 24.6 Å². The van der Waals surface area contributed by atoms with Gasteiger partial charge in [0.25, 0.3) is 0 Å². The molecule has 18 heavy (non-hydrogen) atoms. The number of carbonyl (C=O) groups is 1. The molecule has 0 spiro atoms. The van der Waals surface area contributed by atoms with Gasteiger partial charge >= 0.3 is 5.97 Å². The molecule has 0 fully saturated rings. The highest BCUT2D eigenvalue weighted by Crippen LogP contribution is 2.23. The van der Waals surface area contributed by atoms with Crippen LogP contribution in [0.4, 0.5) is 10.1 Å². The Morgan fingerprint density at radius 2 is 2.11 bits per heavy atom. The molecule has 0 amide bonds. The highest BCUT2D eigenvalue weighted by molar-refractivity contribution is 7.92. The Labute approximate surface area is 105 Å². The predicted molar refractivity (Wildman–Crippen MR) is 65.4 cm³/mol. The summed E-state index contributed by atoms with van der Waals surface area (Å²) in [5.74, 6) is -1.89. The summed E-state index contributed by atoms with van der Waals surface area (Å²) in [5, 5.41) is 9.04. The zero-order valence-electron chi connectivity index (χ0n) is 10.00.